The van der Waals surface area contributed by atoms with Crippen molar-refractivity contribution in [3.8, 4) is 11.8 Å². The van der Waals surface area contributed by atoms with Crippen LogP contribution in [0.1, 0.15) is 36.2 Å². The van der Waals surface area contributed by atoms with Crippen LogP contribution in [0.15, 0.2) is 18.2 Å². The molecule has 1 aromatic rings. The van der Waals surface area contributed by atoms with E-state index < -0.39 is 0 Å². The van der Waals surface area contributed by atoms with E-state index in [1.54, 1.807) is 18.2 Å². The Morgan fingerprint density at radius 1 is 1.47 bits per heavy atom. The van der Waals surface area contributed by atoms with E-state index in [1.807, 2.05) is 13.8 Å². The SMILES string of the molecule is CC(C)CNC(=O)c1ccc(C#CCCO)c(Cl)c1. The Hall–Kier alpha value is -1.50. The van der Waals surface area contributed by atoms with Gasteiger partial charge in [-0.3, -0.25) is 4.79 Å². The molecule has 1 aromatic carbocycles. The van der Waals surface area contributed by atoms with Crippen LogP contribution in [0.3, 0.4) is 0 Å². The molecule has 1 rings (SSSR count). The number of halogens is 1. The summed E-state index contributed by atoms with van der Waals surface area (Å²) in [7, 11) is 0. The lowest BCUT2D eigenvalue weighted by molar-refractivity contribution is 0.0949. The van der Waals surface area contributed by atoms with Crippen LogP contribution in [0.4, 0.5) is 0 Å². The molecule has 102 valence electrons. The van der Waals surface area contributed by atoms with Crippen LogP contribution in [0.2, 0.25) is 5.02 Å². The second-order valence-corrected chi connectivity index (χ2v) is 4.98. The third kappa shape index (κ3) is 5.34. The smallest absolute Gasteiger partial charge is 0.251 e. The topological polar surface area (TPSA) is 49.3 Å². The zero-order valence-corrected chi connectivity index (χ0v) is 11.9. The third-order valence-electron chi connectivity index (χ3n) is 2.36. The maximum absolute atomic E-state index is 11.8. The first-order valence-electron chi connectivity index (χ1n) is 6.22. The van der Waals surface area contributed by atoms with Gasteiger partial charge in [-0.1, -0.05) is 37.3 Å². The number of carbonyl (C=O) groups excluding carboxylic acids is 1. The molecule has 0 aliphatic rings. The Kier molecular flexibility index (Phi) is 6.41. The zero-order valence-electron chi connectivity index (χ0n) is 11.2. The lowest BCUT2D eigenvalue weighted by Crippen LogP contribution is -2.27. The summed E-state index contributed by atoms with van der Waals surface area (Å²) in [6.45, 7) is 4.73. The quantitative estimate of drug-likeness (QED) is 0.832. The summed E-state index contributed by atoms with van der Waals surface area (Å²) in [6, 6.07) is 5.03. The molecule has 0 heterocycles. The van der Waals surface area contributed by atoms with Crippen molar-refractivity contribution in [2.24, 2.45) is 5.92 Å². The summed E-state index contributed by atoms with van der Waals surface area (Å²) >= 11 is 6.07. The van der Waals surface area contributed by atoms with Crippen LogP contribution >= 0.6 is 11.6 Å². The molecule has 0 fully saturated rings. The van der Waals surface area contributed by atoms with Gasteiger partial charge < -0.3 is 10.4 Å². The van der Waals surface area contributed by atoms with Gasteiger partial charge in [0.1, 0.15) is 0 Å². The van der Waals surface area contributed by atoms with Crippen molar-refractivity contribution >= 4 is 17.5 Å². The number of nitrogens with one attached hydrogen (secondary N) is 1. The molecular formula is C15H18ClNO2. The minimum Gasteiger partial charge on any atom is -0.395 e. The molecule has 0 spiro atoms. The number of aliphatic hydroxyl groups is 1. The molecule has 0 atom stereocenters. The largest absolute Gasteiger partial charge is 0.395 e. The van der Waals surface area contributed by atoms with E-state index in [0.29, 0.717) is 35.0 Å². The van der Waals surface area contributed by atoms with E-state index in [1.165, 1.54) is 0 Å². The van der Waals surface area contributed by atoms with Gasteiger partial charge in [-0.05, 0) is 24.1 Å². The minimum absolute atomic E-state index is 0.0281. The van der Waals surface area contributed by atoms with Crippen molar-refractivity contribution < 1.29 is 9.90 Å². The predicted molar refractivity (Wildman–Crippen MR) is 77.2 cm³/mol. The highest BCUT2D eigenvalue weighted by atomic mass is 35.5. The van der Waals surface area contributed by atoms with Gasteiger partial charge in [-0.15, -0.1) is 0 Å². The lowest BCUT2D eigenvalue weighted by atomic mass is 10.1. The molecule has 0 bridgehead atoms. The molecule has 0 radical (unpaired) electrons. The van der Waals surface area contributed by atoms with E-state index in [9.17, 15) is 4.79 Å². The summed E-state index contributed by atoms with van der Waals surface area (Å²) in [4.78, 5) is 11.8. The lowest BCUT2D eigenvalue weighted by Gasteiger charge is -2.08. The van der Waals surface area contributed by atoms with Crippen molar-refractivity contribution in [1.82, 2.24) is 5.32 Å². The van der Waals surface area contributed by atoms with Crippen molar-refractivity contribution in [3.05, 3.63) is 34.3 Å². The van der Waals surface area contributed by atoms with Crippen LogP contribution in [0.5, 0.6) is 0 Å². The summed E-state index contributed by atoms with van der Waals surface area (Å²) in [5, 5.41) is 11.9. The van der Waals surface area contributed by atoms with Crippen LogP contribution in [-0.2, 0) is 0 Å². The normalized spacial score (nSPS) is 9.95. The maximum Gasteiger partial charge on any atom is 0.251 e. The number of carbonyl (C=O) groups is 1. The molecule has 3 nitrogen and oxygen atoms in total. The highest BCUT2D eigenvalue weighted by Gasteiger charge is 2.08. The minimum atomic E-state index is -0.134. The van der Waals surface area contributed by atoms with Gasteiger partial charge >= 0.3 is 0 Å². The summed E-state index contributed by atoms with van der Waals surface area (Å²) < 4.78 is 0. The van der Waals surface area contributed by atoms with Gasteiger partial charge in [-0.2, -0.15) is 0 Å². The molecule has 2 N–H and O–H groups in total. The fourth-order valence-corrected chi connectivity index (χ4v) is 1.60. The first kappa shape index (κ1) is 15.6. The van der Waals surface area contributed by atoms with Gasteiger partial charge in [0.25, 0.3) is 5.91 Å². The molecule has 0 aliphatic carbocycles. The zero-order chi connectivity index (χ0) is 14.3. The average molecular weight is 280 g/mol. The Morgan fingerprint density at radius 2 is 2.21 bits per heavy atom. The van der Waals surface area contributed by atoms with E-state index in [2.05, 4.69) is 17.2 Å². The summed E-state index contributed by atoms with van der Waals surface area (Å²) in [5.41, 5.74) is 1.19. The fourth-order valence-electron chi connectivity index (χ4n) is 1.37. The van der Waals surface area contributed by atoms with Crippen molar-refractivity contribution in [2.45, 2.75) is 20.3 Å². The van der Waals surface area contributed by atoms with Gasteiger partial charge in [0.2, 0.25) is 0 Å². The summed E-state index contributed by atoms with van der Waals surface area (Å²) in [5.74, 6) is 5.92. The predicted octanol–water partition coefficient (Wildman–Crippen LogP) is 2.46. The van der Waals surface area contributed by atoms with Crippen molar-refractivity contribution in [1.29, 1.82) is 0 Å². The molecule has 19 heavy (non-hydrogen) atoms. The van der Waals surface area contributed by atoms with Gasteiger partial charge in [-0.25, -0.2) is 0 Å². The highest BCUT2D eigenvalue weighted by molar-refractivity contribution is 6.32. The number of amides is 1. The Bertz CT molecular complexity index is 501. The van der Waals surface area contributed by atoms with Crippen LogP contribution in [0.25, 0.3) is 0 Å². The first-order valence-corrected chi connectivity index (χ1v) is 6.60. The molecular weight excluding hydrogens is 262 g/mol. The summed E-state index contributed by atoms with van der Waals surface area (Å²) in [6.07, 6.45) is 0.410. The standard InChI is InChI=1S/C15H18ClNO2/c1-11(2)10-17-15(19)13-7-6-12(14(16)9-13)5-3-4-8-18/h6-7,9,11,18H,4,8,10H2,1-2H3,(H,17,19). The highest BCUT2D eigenvalue weighted by Crippen LogP contribution is 2.17. The number of benzene rings is 1. The van der Waals surface area contributed by atoms with E-state index in [0.717, 1.165) is 0 Å². The molecule has 0 aromatic heterocycles. The average Bonchev–Trinajstić information content (AvgIpc) is 2.38. The fraction of sp³-hybridized carbons (Fsp3) is 0.400. The monoisotopic (exact) mass is 279 g/mol. The molecule has 0 saturated heterocycles. The number of hydrogen-bond acceptors (Lipinski definition) is 2. The van der Waals surface area contributed by atoms with Crippen LogP contribution in [-0.4, -0.2) is 24.2 Å². The second-order valence-electron chi connectivity index (χ2n) is 4.57. The van der Waals surface area contributed by atoms with Crippen LogP contribution in [0, 0.1) is 17.8 Å². The second kappa shape index (κ2) is 7.83. The first-order chi connectivity index (χ1) is 9.04. The Balaban J connectivity index is 2.77. The molecule has 1 amide bonds. The van der Waals surface area contributed by atoms with Crippen molar-refractivity contribution in [2.75, 3.05) is 13.2 Å². The van der Waals surface area contributed by atoms with E-state index >= 15 is 0 Å². The van der Waals surface area contributed by atoms with Crippen molar-refractivity contribution in [3.63, 3.8) is 0 Å². The molecule has 4 heteroatoms. The third-order valence-corrected chi connectivity index (χ3v) is 2.67. The molecule has 0 unspecified atom stereocenters. The number of hydrogen-bond donors (Lipinski definition) is 2. The number of aliphatic hydroxyl groups excluding tert-OH is 1. The molecule has 0 aliphatic heterocycles. The van der Waals surface area contributed by atoms with Gasteiger partial charge in [0, 0.05) is 24.1 Å². The van der Waals surface area contributed by atoms with Gasteiger partial charge in [0.15, 0.2) is 0 Å². The van der Waals surface area contributed by atoms with E-state index in [4.69, 9.17) is 16.7 Å². The van der Waals surface area contributed by atoms with Crippen LogP contribution < -0.4 is 5.32 Å². The Labute approximate surface area is 119 Å². The van der Waals surface area contributed by atoms with Gasteiger partial charge in [0.05, 0.1) is 11.6 Å². The number of rotatable bonds is 4. The van der Waals surface area contributed by atoms with E-state index in [-0.39, 0.29) is 12.5 Å². The maximum atomic E-state index is 11.8. The Morgan fingerprint density at radius 3 is 2.79 bits per heavy atom. The molecule has 0 saturated carbocycles.